The Morgan fingerprint density at radius 1 is 0.655 bits per heavy atom. The van der Waals surface area contributed by atoms with E-state index in [1.54, 1.807) is 0 Å². The van der Waals surface area contributed by atoms with E-state index in [-0.39, 0.29) is 5.92 Å². The van der Waals surface area contributed by atoms with Crippen LogP contribution < -0.4 is 0 Å². The lowest BCUT2D eigenvalue weighted by Crippen LogP contribution is -2.26. The molecule has 0 N–H and O–H groups in total. The minimum Gasteiger partial charge on any atom is -0.204 e. The van der Waals surface area contributed by atoms with E-state index in [9.17, 15) is 13.2 Å². The molecule has 3 fully saturated rings. The van der Waals surface area contributed by atoms with E-state index in [0.29, 0.717) is 5.56 Å². The normalized spacial score (nSPS) is 36.1. The number of benzene rings is 1. The lowest BCUT2D eigenvalue weighted by atomic mass is 9.67. The molecule has 0 heterocycles. The van der Waals surface area contributed by atoms with Crippen molar-refractivity contribution in [1.82, 2.24) is 0 Å². The third-order valence-corrected chi connectivity index (χ3v) is 8.61. The molecular weight excluding hydrogens is 369 g/mol. The number of rotatable bonds is 4. The SMILES string of the molecule is CC1CCC(C2CCC(CC3CCC(c4cc(F)c(F)c(F)c4)CC3)CC2)CC1. The molecule has 0 radical (unpaired) electrons. The van der Waals surface area contributed by atoms with Crippen molar-refractivity contribution < 1.29 is 13.2 Å². The van der Waals surface area contributed by atoms with E-state index in [1.165, 1.54) is 69.9 Å². The summed E-state index contributed by atoms with van der Waals surface area (Å²) in [4.78, 5) is 0. The van der Waals surface area contributed by atoms with Crippen LogP contribution in [0.1, 0.15) is 102 Å². The molecule has 3 aliphatic carbocycles. The fourth-order valence-corrected chi connectivity index (χ4v) is 6.67. The standard InChI is InChI=1S/C26H37F3/c1-17-2-8-20(9-3-17)21-10-4-18(5-11-21)14-19-6-12-22(13-7-19)23-15-24(27)26(29)25(28)16-23/h15-22H,2-14H2,1H3. The molecular formula is C26H37F3. The highest BCUT2D eigenvalue weighted by Gasteiger charge is 2.32. The minimum absolute atomic E-state index is 0.181. The number of halogens is 3. The maximum Gasteiger partial charge on any atom is 0.194 e. The molecule has 3 aliphatic rings. The Morgan fingerprint density at radius 2 is 1.10 bits per heavy atom. The predicted octanol–water partition coefficient (Wildman–Crippen LogP) is 8.40. The summed E-state index contributed by atoms with van der Waals surface area (Å²) in [5.41, 5.74) is 0.641. The molecule has 4 rings (SSSR count). The van der Waals surface area contributed by atoms with E-state index in [2.05, 4.69) is 6.92 Å². The molecule has 0 spiro atoms. The van der Waals surface area contributed by atoms with Gasteiger partial charge in [-0.05, 0) is 111 Å². The Labute approximate surface area is 174 Å². The highest BCUT2D eigenvalue weighted by atomic mass is 19.2. The summed E-state index contributed by atoms with van der Waals surface area (Å²) in [5.74, 6) is 1.31. The molecule has 0 aliphatic heterocycles. The molecule has 0 saturated heterocycles. The van der Waals surface area contributed by atoms with Gasteiger partial charge in [0.25, 0.3) is 0 Å². The first-order valence-electron chi connectivity index (χ1n) is 12.1. The van der Waals surface area contributed by atoms with Crippen molar-refractivity contribution in [3.63, 3.8) is 0 Å². The van der Waals surface area contributed by atoms with Crippen LogP contribution in [-0.4, -0.2) is 0 Å². The van der Waals surface area contributed by atoms with Crippen molar-refractivity contribution >= 4 is 0 Å². The van der Waals surface area contributed by atoms with Gasteiger partial charge in [-0.3, -0.25) is 0 Å². The molecule has 162 valence electrons. The van der Waals surface area contributed by atoms with Gasteiger partial charge >= 0.3 is 0 Å². The number of hydrogen-bond acceptors (Lipinski definition) is 0. The van der Waals surface area contributed by atoms with Crippen LogP contribution in [0.3, 0.4) is 0 Å². The summed E-state index contributed by atoms with van der Waals surface area (Å²) in [6.07, 6.45) is 17.1. The van der Waals surface area contributed by atoms with Crippen molar-refractivity contribution in [3.8, 4) is 0 Å². The van der Waals surface area contributed by atoms with Crippen molar-refractivity contribution in [2.45, 2.75) is 96.3 Å². The van der Waals surface area contributed by atoms with Crippen LogP contribution in [0.25, 0.3) is 0 Å². The monoisotopic (exact) mass is 406 g/mol. The highest BCUT2D eigenvalue weighted by molar-refractivity contribution is 5.23. The van der Waals surface area contributed by atoms with Gasteiger partial charge in [0.1, 0.15) is 0 Å². The van der Waals surface area contributed by atoms with E-state index in [4.69, 9.17) is 0 Å². The highest BCUT2D eigenvalue weighted by Crippen LogP contribution is 2.45. The second-order valence-corrected chi connectivity index (χ2v) is 10.6. The first-order valence-corrected chi connectivity index (χ1v) is 12.1. The quantitative estimate of drug-likeness (QED) is 0.440. The van der Waals surface area contributed by atoms with Gasteiger partial charge in [0.05, 0.1) is 0 Å². The zero-order valence-electron chi connectivity index (χ0n) is 17.9. The Morgan fingerprint density at radius 3 is 1.62 bits per heavy atom. The Balaban J connectivity index is 1.21. The van der Waals surface area contributed by atoms with Crippen LogP contribution in [-0.2, 0) is 0 Å². The molecule has 3 heteroatoms. The van der Waals surface area contributed by atoms with Crippen molar-refractivity contribution in [1.29, 1.82) is 0 Å². The maximum atomic E-state index is 13.6. The van der Waals surface area contributed by atoms with Gasteiger partial charge in [-0.15, -0.1) is 0 Å². The third-order valence-electron chi connectivity index (χ3n) is 8.61. The molecule has 0 aromatic heterocycles. The summed E-state index contributed by atoms with van der Waals surface area (Å²) in [6, 6.07) is 2.41. The first-order chi connectivity index (χ1) is 14.0. The van der Waals surface area contributed by atoms with E-state index < -0.39 is 17.5 Å². The smallest absolute Gasteiger partial charge is 0.194 e. The van der Waals surface area contributed by atoms with Gasteiger partial charge in [0.15, 0.2) is 17.5 Å². The van der Waals surface area contributed by atoms with Crippen LogP contribution in [0.15, 0.2) is 12.1 Å². The maximum absolute atomic E-state index is 13.6. The fraction of sp³-hybridized carbons (Fsp3) is 0.769. The van der Waals surface area contributed by atoms with Gasteiger partial charge in [0.2, 0.25) is 0 Å². The average molecular weight is 407 g/mol. The third kappa shape index (κ3) is 5.20. The first kappa shape index (κ1) is 21.2. The molecule has 29 heavy (non-hydrogen) atoms. The van der Waals surface area contributed by atoms with Crippen LogP contribution in [0, 0.1) is 47.0 Å². The largest absolute Gasteiger partial charge is 0.204 e. The lowest BCUT2D eigenvalue weighted by molar-refractivity contribution is 0.135. The molecule has 0 nitrogen and oxygen atoms in total. The van der Waals surface area contributed by atoms with E-state index >= 15 is 0 Å². The van der Waals surface area contributed by atoms with Gasteiger partial charge in [-0.1, -0.05) is 32.6 Å². The topological polar surface area (TPSA) is 0 Å². The van der Waals surface area contributed by atoms with Gasteiger partial charge in [-0.2, -0.15) is 0 Å². The second kappa shape index (κ2) is 9.43. The lowest BCUT2D eigenvalue weighted by Gasteiger charge is -2.38. The van der Waals surface area contributed by atoms with Crippen LogP contribution in [0.5, 0.6) is 0 Å². The Hall–Kier alpha value is -0.990. The summed E-state index contributed by atoms with van der Waals surface area (Å²) < 4.78 is 40.3. The van der Waals surface area contributed by atoms with Gasteiger partial charge in [-0.25, -0.2) is 13.2 Å². The predicted molar refractivity (Wildman–Crippen MR) is 112 cm³/mol. The van der Waals surface area contributed by atoms with Gasteiger partial charge in [0, 0.05) is 0 Å². The van der Waals surface area contributed by atoms with E-state index in [0.717, 1.165) is 55.3 Å². The van der Waals surface area contributed by atoms with Crippen LogP contribution >= 0.6 is 0 Å². The summed E-state index contributed by atoms with van der Waals surface area (Å²) in [6.45, 7) is 2.41. The molecule has 0 bridgehead atoms. The zero-order chi connectivity index (χ0) is 20.4. The fourth-order valence-electron chi connectivity index (χ4n) is 6.67. The second-order valence-electron chi connectivity index (χ2n) is 10.6. The number of hydrogen-bond donors (Lipinski definition) is 0. The van der Waals surface area contributed by atoms with E-state index in [1.807, 2.05) is 0 Å². The Bertz CT molecular complexity index is 638. The summed E-state index contributed by atoms with van der Waals surface area (Å²) >= 11 is 0. The molecule has 1 aromatic carbocycles. The molecule has 0 atom stereocenters. The van der Waals surface area contributed by atoms with Crippen LogP contribution in [0.2, 0.25) is 0 Å². The summed E-state index contributed by atoms with van der Waals surface area (Å²) in [5, 5.41) is 0. The van der Waals surface area contributed by atoms with Crippen molar-refractivity contribution in [2.75, 3.05) is 0 Å². The van der Waals surface area contributed by atoms with Crippen molar-refractivity contribution in [3.05, 3.63) is 35.1 Å². The van der Waals surface area contributed by atoms with Crippen molar-refractivity contribution in [2.24, 2.45) is 29.6 Å². The Kier molecular flexibility index (Phi) is 6.91. The van der Waals surface area contributed by atoms with Gasteiger partial charge < -0.3 is 0 Å². The molecule has 3 saturated carbocycles. The average Bonchev–Trinajstić information content (AvgIpc) is 2.73. The molecule has 0 amide bonds. The van der Waals surface area contributed by atoms with Crippen LogP contribution in [0.4, 0.5) is 13.2 Å². The zero-order valence-corrected chi connectivity index (χ0v) is 17.9. The minimum atomic E-state index is -1.35. The molecule has 1 aromatic rings. The summed E-state index contributed by atoms with van der Waals surface area (Å²) in [7, 11) is 0. The molecule has 0 unspecified atom stereocenters.